The van der Waals surface area contributed by atoms with Gasteiger partial charge in [0, 0.05) is 12.1 Å². The van der Waals surface area contributed by atoms with Crippen molar-refractivity contribution in [3.63, 3.8) is 0 Å². The fraction of sp³-hybridized carbons (Fsp3) is 0.455. The minimum atomic E-state index is -0.190. The average Bonchev–Trinajstić information content (AvgIpc) is 2.18. The van der Waals surface area contributed by atoms with E-state index in [0.29, 0.717) is 0 Å². The number of methoxy groups -OCH3 is 1. The Morgan fingerprint density at radius 3 is 2.23 bits per heavy atom. The lowest BCUT2D eigenvalue weighted by molar-refractivity contribution is -0.00139. The molecule has 0 saturated carbocycles. The van der Waals surface area contributed by atoms with E-state index in [2.05, 4.69) is 13.8 Å². The van der Waals surface area contributed by atoms with Crippen molar-refractivity contribution in [2.45, 2.75) is 25.9 Å². The second-order valence-electron chi connectivity index (χ2n) is 3.30. The highest BCUT2D eigenvalue weighted by atomic mass is 35.5. The van der Waals surface area contributed by atoms with Gasteiger partial charge < -0.3 is 4.74 Å². The van der Waals surface area contributed by atoms with Crippen LogP contribution in [0.2, 0.25) is 5.02 Å². The van der Waals surface area contributed by atoms with Gasteiger partial charge >= 0.3 is 0 Å². The van der Waals surface area contributed by atoms with Gasteiger partial charge in [0.05, 0.1) is 5.60 Å². The zero-order valence-electron chi connectivity index (χ0n) is 8.30. The molecule has 0 amide bonds. The molecule has 1 unspecified atom stereocenters. The van der Waals surface area contributed by atoms with Crippen LogP contribution in [0.25, 0.3) is 0 Å². The Bertz CT molecular complexity index is 262. The van der Waals surface area contributed by atoms with Crippen LogP contribution in [0.5, 0.6) is 0 Å². The van der Waals surface area contributed by atoms with Crippen molar-refractivity contribution in [3.05, 3.63) is 34.9 Å². The van der Waals surface area contributed by atoms with Gasteiger partial charge in [-0.05, 0) is 31.0 Å². The van der Waals surface area contributed by atoms with Gasteiger partial charge in [-0.1, -0.05) is 30.7 Å². The molecule has 0 aliphatic heterocycles. The molecule has 0 N–H and O–H groups in total. The first-order chi connectivity index (χ1) is 6.12. The smallest absolute Gasteiger partial charge is 0.0896 e. The molecular formula is C11H15ClO. The fourth-order valence-corrected chi connectivity index (χ4v) is 1.39. The number of benzene rings is 1. The van der Waals surface area contributed by atoms with E-state index in [4.69, 9.17) is 16.3 Å². The molecule has 13 heavy (non-hydrogen) atoms. The van der Waals surface area contributed by atoms with E-state index in [0.717, 1.165) is 11.4 Å². The van der Waals surface area contributed by atoms with Gasteiger partial charge in [0.1, 0.15) is 0 Å². The Morgan fingerprint density at radius 1 is 1.31 bits per heavy atom. The summed E-state index contributed by atoms with van der Waals surface area (Å²) in [7, 11) is 1.73. The number of rotatable bonds is 3. The van der Waals surface area contributed by atoms with Crippen molar-refractivity contribution < 1.29 is 4.74 Å². The highest BCUT2D eigenvalue weighted by Gasteiger charge is 2.23. The summed E-state index contributed by atoms with van der Waals surface area (Å²) in [4.78, 5) is 0. The molecule has 0 spiro atoms. The van der Waals surface area contributed by atoms with Crippen LogP contribution in [-0.2, 0) is 10.3 Å². The Balaban J connectivity index is 2.99. The zero-order chi connectivity index (χ0) is 9.90. The van der Waals surface area contributed by atoms with E-state index >= 15 is 0 Å². The standard InChI is InChI=1S/C11H15ClO/c1-4-11(2,13-3)9-5-7-10(12)8-6-9/h5-8H,4H2,1-3H3. The molecule has 0 bridgehead atoms. The van der Waals surface area contributed by atoms with Crippen LogP contribution in [-0.4, -0.2) is 7.11 Å². The lowest BCUT2D eigenvalue weighted by atomic mass is 9.93. The molecule has 72 valence electrons. The number of halogens is 1. The fourth-order valence-electron chi connectivity index (χ4n) is 1.27. The number of hydrogen-bond acceptors (Lipinski definition) is 1. The molecule has 0 fully saturated rings. The summed E-state index contributed by atoms with van der Waals surface area (Å²) in [5.74, 6) is 0. The molecule has 1 rings (SSSR count). The summed E-state index contributed by atoms with van der Waals surface area (Å²) in [5, 5.41) is 0.762. The first-order valence-electron chi connectivity index (χ1n) is 4.43. The minimum Gasteiger partial charge on any atom is -0.374 e. The van der Waals surface area contributed by atoms with Crippen molar-refractivity contribution >= 4 is 11.6 Å². The van der Waals surface area contributed by atoms with Crippen LogP contribution in [0.1, 0.15) is 25.8 Å². The summed E-state index contributed by atoms with van der Waals surface area (Å²) in [6, 6.07) is 7.80. The first kappa shape index (κ1) is 10.6. The van der Waals surface area contributed by atoms with E-state index in [9.17, 15) is 0 Å². The van der Waals surface area contributed by atoms with Crippen molar-refractivity contribution in [3.8, 4) is 0 Å². The second-order valence-corrected chi connectivity index (χ2v) is 3.73. The normalized spacial score (nSPS) is 15.4. The maximum atomic E-state index is 5.81. The predicted molar refractivity (Wildman–Crippen MR) is 56.1 cm³/mol. The van der Waals surface area contributed by atoms with Crippen LogP contribution in [0, 0.1) is 0 Å². The molecule has 0 radical (unpaired) electrons. The van der Waals surface area contributed by atoms with Gasteiger partial charge in [-0.25, -0.2) is 0 Å². The summed E-state index contributed by atoms with van der Waals surface area (Å²) in [6.07, 6.45) is 0.950. The largest absolute Gasteiger partial charge is 0.374 e. The molecule has 2 heteroatoms. The molecular weight excluding hydrogens is 184 g/mol. The molecule has 0 aliphatic carbocycles. The third-order valence-corrected chi connectivity index (χ3v) is 2.83. The Kier molecular flexibility index (Phi) is 3.34. The molecule has 0 saturated heterocycles. The summed E-state index contributed by atoms with van der Waals surface area (Å²) in [5.41, 5.74) is 0.979. The van der Waals surface area contributed by atoms with Crippen molar-refractivity contribution in [2.24, 2.45) is 0 Å². The van der Waals surface area contributed by atoms with Gasteiger partial charge in [-0.15, -0.1) is 0 Å². The maximum absolute atomic E-state index is 5.81. The Morgan fingerprint density at radius 2 is 1.85 bits per heavy atom. The lowest BCUT2D eigenvalue weighted by Gasteiger charge is -2.27. The molecule has 1 atom stereocenters. The quantitative estimate of drug-likeness (QED) is 0.721. The number of ether oxygens (including phenoxy) is 1. The van der Waals surface area contributed by atoms with Gasteiger partial charge in [0.2, 0.25) is 0 Å². The van der Waals surface area contributed by atoms with Gasteiger partial charge in [0.15, 0.2) is 0 Å². The van der Waals surface area contributed by atoms with Crippen molar-refractivity contribution in [1.82, 2.24) is 0 Å². The molecule has 0 heterocycles. The highest BCUT2D eigenvalue weighted by Crippen LogP contribution is 2.28. The molecule has 0 aromatic heterocycles. The zero-order valence-corrected chi connectivity index (χ0v) is 9.06. The minimum absolute atomic E-state index is 0.190. The first-order valence-corrected chi connectivity index (χ1v) is 4.81. The van der Waals surface area contributed by atoms with Crippen LogP contribution in [0.15, 0.2) is 24.3 Å². The Labute approximate surface area is 84.7 Å². The SMILES string of the molecule is CCC(C)(OC)c1ccc(Cl)cc1. The van der Waals surface area contributed by atoms with Crippen molar-refractivity contribution in [1.29, 1.82) is 0 Å². The highest BCUT2D eigenvalue weighted by molar-refractivity contribution is 6.30. The van der Waals surface area contributed by atoms with Gasteiger partial charge in [-0.3, -0.25) is 0 Å². The van der Waals surface area contributed by atoms with E-state index in [1.165, 1.54) is 5.56 Å². The van der Waals surface area contributed by atoms with E-state index in [1.807, 2.05) is 24.3 Å². The molecule has 1 aromatic rings. The van der Waals surface area contributed by atoms with Crippen LogP contribution >= 0.6 is 11.6 Å². The van der Waals surface area contributed by atoms with Gasteiger partial charge in [-0.2, -0.15) is 0 Å². The topological polar surface area (TPSA) is 9.23 Å². The third-order valence-electron chi connectivity index (χ3n) is 2.58. The summed E-state index contributed by atoms with van der Waals surface area (Å²) >= 11 is 5.81. The molecule has 1 aromatic carbocycles. The molecule has 1 nitrogen and oxygen atoms in total. The third kappa shape index (κ3) is 2.23. The van der Waals surface area contributed by atoms with Crippen LogP contribution in [0.3, 0.4) is 0 Å². The van der Waals surface area contributed by atoms with E-state index in [-0.39, 0.29) is 5.60 Å². The average molecular weight is 199 g/mol. The van der Waals surface area contributed by atoms with Crippen LogP contribution < -0.4 is 0 Å². The predicted octanol–water partition coefficient (Wildman–Crippen LogP) is 3.61. The summed E-state index contributed by atoms with van der Waals surface area (Å²) < 4.78 is 5.47. The van der Waals surface area contributed by atoms with Gasteiger partial charge in [0.25, 0.3) is 0 Å². The summed E-state index contributed by atoms with van der Waals surface area (Å²) in [6.45, 7) is 4.19. The molecule has 0 aliphatic rings. The lowest BCUT2D eigenvalue weighted by Crippen LogP contribution is -2.22. The van der Waals surface area contributed by atoms with Crippen LogP contribution in [0.4, 0.5) is 0 Å². The number of hydrogen-bond donors (Lipinski definition) is 0. The Hall–Kier alpha value is -0.530. The van der Waals surface area contributed by atoms with E-state index in [1.54, 1.807) is 7.11 Å². The van der Waals surface area contributed by atoms with E-state index < -0.39 is 0 Å². The second kappa shape index (κ2) is 4.12. The monoisotopic (exact) mass is 198 g/mol. The maximum Gasteiger partial charge on any atom is 0.0896 e. The van der Waals surface area contributed by atoms with Crippen molar-refractivity contribution in [2.75, 3.05) is 7.11 Å².